The molecule has 0 bridgehead atoms. The van der Waals surface area contributed by atoms with Crippen molar-refractivity contribution in [1.82, 2.24) is 5.06 Å². The number of primary amides is 1. The van der Waals surface area contributed by atoms with Gasteiger partial charge in [-0.25, -0.2) is 4.79 Å². The number of hydroxylamine groups is 2. The molecule has 9 heavy (non-hydrogen) atoms. The molecule has 0 aromatic rings. The molecule has 0 rings (SSSR count). The summed E-state index contributed by atoms with van der Waals surface area (Å²) in [6, 6.07) is 0. The summed E-state index contributed by atoms with van der Waals surface area (Å²) < 4.78 is 0. The summed E-state index contributed by atoms with van der Waals surface area (Å²) >= 11 is 0. The van der Waals surface area contributed by atoms with Gasteiger partial charge in [0.2, 0.25) is 0 Å². The highest BCUT2D eigenvalue weighted by molar-refractivity contribution is 5.64. The average molecular weight is 132 g/mol. The number of nitrogens with two attached hydrogens (primary N) is 1. The Kier molecular flexibility index (Phi) is 3.79. The lowest BCUT2D eigenvalue weighted by molar-refractivity contribution is -0.0879. The quantitative estimate of drug-likeness (QED) is 0.563. The van der Waals surface area contributed by atoms with Gasteiger partial charge >= 0.3 is 6.09 Å². The molecule has 0 spiro atoms. The molecule has 0 fully saturated rings. The smallest absolute Gasteiger partial charge is 0.351 e. The second kappa shape index (κ2) is 4.14. The molecule has 0 aliphatic rings. The molecule has 0 radical (unpaired) electrons. The minimum absolute atomic E-state index is 0.666. The highest BCUT2D eigenvalue weighted by Crippen LogP contribution is 1.86. The molecule has 0 aromatic heterocycles. The van der Waals surface area contributed by atoms with Crippen LogP contribution in [0.1, 0.15) is 13.8 Å². The topological polar surface area (TPSA) is 55.6 Å². The van der Waals surface area contributed by atoms with E-state index < -0.39 is 6.09 Å². The molecule has 0 atom stereocenters. The fraction of sp³-hybridized carbons (Fsp3) is 0.800. The lowest BCUT2D eigenvalue weighted by Crippen LogP contribution is -2.29. The van der Waals surface area contributed by atoms with E-state index >= 15 is 0 Å². The minimum atomic E-state index is -0.751. The Morgan fingerprint density at radius 1 is 1.56 bits per heavy atom. The van der Waals surface area contributed by atoms with Crippen LogP contribution >= 0.6 is 0 Å². The molecule has 0 unspecified atom stereocenters. The maximum absolute atomic E-state index is 10.1. The highest BCUT2D eigenvalue weighted by Gasteiger charge is 2.00. The fourth-order valence-electron chi connectivity index (χ4n) is 0.480. The van der Waals surface area contributed by atoms with Crippen LogP contribution in [0.3, 0.4) is 0 Å². The van der Waals surface area contributed by atoms with Crippen LogP contribution < -0.4 is 5.73 Å². The minimum Gasteiger partial charge on any atom is -0.351 e. The van der Waals surface area contributed by atoms with Gasteiger partial charge in [0.25, 0.3) is 0 Å². The third-order valence-corrected chi connectivity index (χ3v) is 0.924. The first-order valence-corrected chi connectivity index (χ1v) is 2.93. The van der Waals surface area contributed by atoms with E-state index in [1.807, 2.05) is 13.8 Å². The summed E-state index contributed by atoms with van der Waals surface area (Å²) in [5.41, 5.74) is 4.74. The van der Waals surface area contributed by atoms with Crippen molar-refractivity contribution < 1.29 is 9.63 Å². The fourth-order valence-corrected chi connectivity index (χ4v) is 0.480. The lowest BCUT2D eigenvalue weighted by atomic mass is 10.6. The number of amides is 1. The van der Waals surface area contributed by atoms with Crippen molar-refractivity contribution in [2.45, 2.75) is 13.8 Å². The molecule has 0 aliphatic heterocycles. The van der Waals surface area contributed by atoms with Gasteiger partial charge in [-0.15, -0.1) is 5.06 Å². The van der Waals surface area contributed by atoms with E-state index in [4.69, 9.17) is 5.73 Å². The molecular formula is C5H12N2O2. The van der Waals surface area contributed by atoms with E-state index in [1.165, 1.54) is 5.06 Å². The van der Waals surface area contributed by atoms with Gasteiger partial charge in [-0.1, -0.05) is 0 Å². The first-order valence-electron chi connectivity index (χ1n) is 2.93. The zero-order valence-electron chi connectivity index (χ0n) is 5.76. The van der Waals surface area contributed by atoms with Gasteiger partial charge in [0, 0.05) is 13.1 Å². The molecule has 0 saturated heterocycles. The zero-order valence-corrected chi connectivity index (χ0v) is 5.76. The van der Waals surface area contributed by atoms with Crippen LogP contribution in [0.2, 0.25) is 0 Å². The Bertz CT molecular complexity index is 91.0. The van der Waals surface area contributed by atoms with E-state index in [-0.39, 0.29) is 0 Å². The van der Waals surface area contributed by atoms with Gasteiger partial charge in [-0.3, -0.25) is 0 Å². The molecule has 1 amide bonds. The predicted octanol–water partition coefficient (Wildman–Crippen LogP) is 0.339. The van der Waals surface area contributed by atoms with Gasteiger partial charge in [0.15, 0.2) is 0 Å². The molecule has 4 heteroatoms. The van der Waals surface area contributed by atoms with Crippen molar-refractivity contribution >= 4 is 6.09 Å². The van der Waals surface area contributed by atoms with E-state index in [0.29, 0.717) is 13.1 Å². The van der Waals surface area contributed by atoms with Crippen LogP contribution in [-0.2, 0) is 4.84 Å². The van der Waals surface area contributed by atoms with Crippen LogP contribution in [0.5, 0.6) is 0 Å². The largest absolute Gasteiger partial charge is 0.423 e. The Morgan fingerprint density at radius 3 is 2.11 bits per heavy atom. The zero-order chi connectivity index (χ0) is 7.28. The second-order valence-corrected chi connectivity index (χ2v) is 1.52. The summed E-state index contributed by atoms with van der Waals surface area (Å²) in [6.45, 7) is 5.10. The van der Waals surface area contributed by atoms with Crippen LogP contribution in [0.4, 0.5) is 4.79 Å². The number of carbonyl (C=O) groups is 1. The third kappa shape index (κ3) is 3.78. The van der Waals surface area contributed by atoms with Crippen molar-refractivity contribution in [1.29, 1.82) is 0 Å². The van der Waals surface area contributed by atoms with Crippen molar-refractivity contribution in [3.63, 3.8) is 0 Å². The standard InChI is InChI=1S/C5H12N2O2/c1-3-7(4-2)9-5(6)8/h3-4H2,1-2H3,(H2,6,8). The number of hydrogen-bond donors (Lipinski definition) is 1. The number of hydrogen-bond acceptors (Lipinski definition) is 3. The second-order valence-electron chi connectivity index (χ2n) is 1.52. The van der Waals surface area contributed by atoms with Gasteiger partial charge in [0.05, 0.1) is 0 Å². The summed E-state index contributed by atoms with van der Waals surface area (Å²) in [5, 5.41) is 1.47. The van der Waals surface area contributed by atoms with Gasteiger partial charge in [0.1, 0.15) is 0 Å². The van der Waals surface area contributed by atoms with Crippen LogP contribution in [0.25, 0.3) is 0 Å². The van der Waals surface area contributed by atoms with Gasteiger partial charge in [-0.05, 0) is 13.8 Å². The van der Waals surface area contributed by atoms with Crippen molar-refractivity contribution in [3.05, 3.63) is 0 Å². The third-order valence-electron chi connectivity index (χ3n) is 0.924. The maximum atomic E-state index is 10.1. The van der Waals surface area contributed by atoms with E-state index in [9.17, 15) is 4.79 Å². The van der Waals surface area contributed by atoms with Crippen molar-refractivity contribution in [2.75, 3.05) is 13.1 Å². The van der Waals surface area contributed by atoms with Crippen LogP contribution in [-0.4, -0.2) is 24.2 Å². The normalized spacial score (nSPS) is 9.67. The molecule has 0 aromatic carbocycles. The number of nitrogens with zero attached hydrogens (tertiary/aromatic N) is 1. The summed E-state index contributed by atoms with van der Waals surface area (Å²) in [6.07, 6.45) is -0.751. The Morgan fingerprint density at radius 2 is 2.00 bits per heavy atom. The summed E-state index contributed by atoms with van der Waals surface area (Å²) in [5.74, 6) is 0. The number of carbonyl (C=O) groups excluding carboxylic acids is 1. The number of rotatable bonds is 3. The summed E-state index contributed by atoms with van der Waals surface area (Å²) in [4.78, 5) is 14.6. The predicted molar refractivity (Wildman–Crippen MR) is 33.6 cm³/mol. The van der Waals surface area contributed by atoms with Gasteiger partial charge < -0.3 is 10.6 Å². The molecule has 0 saturated carbocycles. The Balaban J connectivity index is 3.43. The van der Waals surface area contributed by atoms with Gasteiger partial charge in [-0.2, -0.15) is 0 Å². The van der Waals surface area contributed by atoms with Crippen LogP contribution in [0, 0.1) is 0 Å². The van der Waals surface area contributed by atoms with E-state index in [2.05, 4.69) is 4.84 Å². The lowest BCUT2D eigenvalue weighted by Gasteiger charge is -2.14. The maximum Gasteiger partial charge on any atom is 0.423 e. The Hall–Kier alpha value is -0.770. The molecule has 54 valence electrons. The first-order chi connectivity index (χ1) is 4.20. The molecule has 4 nitrogen and oxygen atoms in total. The molecular weight excluding hydrogens is 120 g/mol. The van der Waals surface area contributed by atoms with E-state index in [1.54, 1.807) is 0 Å². The van der Waals surface area contributed by atoms with Crippen molar-refractivity contribution in [3.8, 4) is 0 Å². The Labute approximate surface area is 54.5 Å². The SMILES string of the molecule is CCN(CC)OC(N)=O. The van der Waals surface area contributed by atoms with Crippen LogP contribution in [0.15, 0.2) is 0 Å². The molecule has 0 heterocycles. The molecule has 2 N–H and O–H groups in total. The first kappa shape index (κ1) is 8.23. The highest BCUT2D eigenvalue weighted by atomic mass is 16.7. The average Bonchev–Trinajstić information content (AvgIpc) is 1.82. The summed E-state index contributed by atoms with van der Waals surface area (Å²) in [7, 11) is 0. The van der Waals surface area contributed by atoms with E-state index in [0.717, 1.165) is 0 Å². The molecule has 0 aliphatic carbocycles. The van der Waals surface area contributed by atoms with Crippen molar-refractivity contribution in [2.24, 2.45) is 5.73 Å². The monoisotopic (exact) mass is 132 g/mol.